The molecule has 1 aromatic heterocycles. The molecule has 0 aliphatic rings. The van der Waals surface area contributed by atoms with Gasteiger partial charge in [0, 0.05) is 11.3 Å². The van der Waals surface area contributed by atoms with Gasteiger partial charge in [-0.05, 0) is 45.8 Å². The molecule has 0 aromatic carbocycles. The largest absolute Gasteiger partial charge is 0.351 e. The van der Waals surface area contributed by atoms with E-state index in [0.717, 1.165) is 10.2 Å². The summed E-state index contributed by atoms with van der Waals surface area (Å²) in [5.74, 6) is 0.580. The lowest BCUT2D eigenvalue weighted by Crippen LogP contribution is -2.25. The van der Waals surface area contributed by atoms with Gasteiger partial charge >= 0.3 is 0 Å². The van der Waals surface area contributed by atoms with Crippen LogP contribution in [0.1, 0.15) is 45.4 Å². The zero-order valence-electron chi connectivity index (χ0n) is 11.5. The van der Waals surface area contributed by atoms with Gasteiger partial charge in [0.1, 0.15) is 0 Å². The van der Waals surface area contributed by atoms with Crippen molar-refractivity contribution in [3.05, 3.63) is 20.8 Å². The molecule has 0 radical (unpaired) electrons. The van der Waals surface area contributed by atoms with Crippen molar-refractivity contribution < 1.29 is 4.79 Å². The SMILES string of the molecule is CC(CC(=O)NCc1ccc(Br)s1)CC(C)(C)C. The van der Waals surface area contributed by atoms with Crippen LogP contribution in [0.2, 0.25) is 0 Å². The van der Waals surface area contributed by atoms with Crippen LogP contribution in [-0.4, -0.2) is 5.91 Å². The Labute approximate surface area is 122 Å². The summed E-state index contributed by atoms with van der Waals surface area (Å²) in [6, 6.07) is 4.04. The monoisotopic (exact) mass is 331 g/mol. The van der Waals surface area contributed by atoms with Gasteiger partial charge < -0.3 is 5.32 Å². The van der Waals surface area contributed by atoms with Crippen molar-refractivity contribution in [2.45, 2.75) is 47.1 Å². The lowest BCUT2D eigenvalue weighted by molar-refractivity contribution is -0.122. The van der Waals surface area contributed by atoms with E-state index in [1.165, 1.54) is 4.88 Å². The first-order valence-electron chi connectivity index (χ1n) is 6.27. The predicted molar refractivity (Wildman–Crippen MR) is 81.7 cm³/mol. The third kappa shape index (κ3) is 6.55. The molecular formula is C14H22BrNOS. The third-order valence-electron chi connectivity index (χ3n) is 2.58. The second-order valence-corrected chi connectivity index (χ2v) is 8.60. The van der Waals surface area contributed by atoms with E-state index < -0.39 is 0 Å². The van der Waals surface area contributed by atoms with Gasteiger partial charge in [0.25, 0.3) is 0 Å². The molecule has 0 spiro atoms. The van der Waals surface area contributed by atoms with E-state index >= 15 is 0 Å². The van der Waals surface area contributed by atoms with Crippen LogP contribution in [-0.2, 0) is 11.3 Å². The molecule has 0 fully saturated rings. The van der Waals surface area contributed by atoms with E-state index in [0.29, 0.717) is 18.9 Å². The molecule has 1 rings (SSSR count). The van der Waals surface area contributed by atoms with E-state index in [-0.39, 0.29) is 11.3 Å². The van der Waals surface area contributed by atoms with Crippen molar-refractivity contribution >= 4 is 33.2 Å². The molecule has 1 aromatic rings. The van der Waals surface area contributed by atoms with Crippen molar-refractivity contribution in [2.24, 2.45) is 11.3 Å². The summed E-state index contributed by atoms with van der Waals surface area (Å²) in [5.41, 5.74) is 0.290. The molecule has 1 N–H and O–H groups in total. The maximum Gasteiger partial charge on any atom is 0.220 e. The number of halogens is 1. The summed E-state index contributed by atoms with van der Waals surface area (Å²) in [4.78, 5) is 13.0. The number of rotatable bonds is 5. The normalized spacial score (nSPS) is 13.4. The minimum Gasteiger partial charge on any atom is -0.351 e. The first-order valence-corrected chi connectivity index (χ1v) is 7.88. The minimum absolute atomic E-state index is 0.149. The van der Waals surface area contributed by atoms with Gasteiger partial charge in [-0.1, -0.05) is 27.7 Å². The molecule has 1 amide bonds. The fourth-order valence-corrected chi connectivity index (χ4v) is 3.56. The van der Waals surface area contributed by atoms with Crippen molar-refractivity contribution in [3.8, 4) is 0 Å². The molecule has 4 heteroatoms. The number of carbonyl (C=O) groups is 1. The van der Waals surface area contributed by atoms with Crippen LogP contribution in [0.3, 0.4) is 0 Å². The van der Waals surface area contributed by atoms with Crippen molar-refractivity contribution in [2.75, 3.05) is 0 Å². The molecule has 1 atom stereocenters. The van der Waals surface area contributed by atoms with Crippen LogP contribution < -0.4 is 5.32 Å². The lowest BCUT2D eigenvalue weighted by Gasteiger charge is -2.22. The highest BCUT2D eigenvalue weighted by atomic mass is 79.9. The highest BCUT2D eigenvalue weighted by molar-refractivity contribution is 9.11. The van der Waals surface area contributed by atoms with Crippen LogP contribution in [0.4, 0.5) is 0 Å². The summed E-state index contributed by atoms with van der Waals surface area (Å²) < 4.78 is 1.10. The Morgan fingerprint density at radius 2 is 2.11 bits per heavy atom. The lowest BCUT2D eigenvalue weighted by atomic mass is 9.84. The van der Waals surface area contributed by atoms with E-state index in [4.69, 9.17) is 0 Å². The Bertz CT molecular complexity index is 395. The Balaban J connectivity index is 2.29. The average molecular weight is 332 g/mol. The summed E-state index contributed by atoms with van der Waals surface area (Å²) >= 11 is 5.08. The van der Waals surface area contributed by atoms with E-state index in [1.807, 2.05) is 12.1 Å². The number of hydrogen-bond donors (Lipinski definition) is 1. The molecule has 18 heavy (non-hydrogen) atoms. The molecule has 1 unspecified atom stereocenters. The van der Waals surface area contributed by atoms with Gasteiger partial charge in [-0.3, -0.25) is 4.79 Å². The average Bonchev–Trinajstić information content (AvgIpc) is 2.58. The Kier molecular flexibility index (Phi) is 5.86. The van der Waals surface area contributed by atoms with E-state index in [2.05, 4.69) is 48.9 Å². The molecule has 0 saturated heterocycles. The Hall–Kier alpha value is -0.350. The fraction of sp³-hybridized carbons (Fsp3) is 0.643. The third-order valence-corrected chi connectivity index (χ3v) is 4.21. The van der Waals surface area contributed by atoms with E-state index in [9.17, 15) is 4.79 Å². The number of carbonyl (C=O) groups excluding carboxylic acids is 1. The number of amides is 1. The quantitative estimate of drug-likeness (QED) is 0.839. The van der Waals surface area contributed by atoms with E-state index in [1.54, 1.807) is 11.3 Å². The summed E-state index contributed by atoms with van der Waals surface area (Å²) in [7, 11) is 0. The summed E-state index contributed by atoms with van der Waals surface area (Å²) in [5, 5.41) is 2.98. The first-order chi connectivity index (χ1) is 8.26. The number of hydrogen-bond acceptors (Lipinski definition) is 2. The first kappa shape index (κ1) is 15.7. The highest BCUT2D eigenvalue weighted by Gasteiger charge is 2.17. The second-order valence-electron chi connectivity index (χ2n) is 6.06. The van der Waals surface area contributed by atoms with Crippen LogP contribution in [0, 0.1) is 11.3 Å². The molecule has 0 aliphatic heterocycles. The summed E-state index contributed by atoms with van der Waals surface area (Å²) in [6.07, 6.45) is 1.69. The van der Waals surface area contributed by atoms with Gasteiger partial charge in [-0.25, -0.2) is 0 Å². The minimum atomic E-state index is 0.149. The van der Waals surface area contributed by atoms with Crippen LogP contribution in [0.25, 0.3) is 0 Å². The standard InChI is InChI=1S/C14H22BrNOS/c1-10(8-14(2,3)4)7-13(17)16-9-11-5-6-12(15)18-11/h5-6,10H,7-9H2,1-4H3,(H,16,17). The molecule has 102 valence electrons. The Morgan fingerprint density at radius 3 is 2.61 bits per heavy atom. The van der Waals surface area contributed by atoms with Crippen LogP contribution in [0.5, 0.6) is 0 Å². The van der Waals surface area contributed by atoms with Crippen molar-refractivity contribution in [1.82, 2.24) is 5.32 Å². The number of thiophene rings is 1. The van der Waals surface area contributed by atoms with Gasteiger partial charge in [0.15, 0.2) is 0 Å². The maximum absolute atomic E-state index is 11.8. The zero-order chi connectivity index (χ0) is 13.8. The number of nitrogens with one attached hydrogen (secondary N) is 1. The molecule has 2 nitrogen and oxygen atoms in total. The molecular weight excluding hydrogens is 310 g/mol. The summed E-state index contributed by atoms with van der Waals surface area (Å²) in [6.45, 7) is 9.42. The molecule has 0 bridgehead atoms. The van der Waals surface area contributed by atoms with Crippen LogP contribution >= 0.6 is 27.3 Å². The second kappa shape index (κ2) is 6.71. The van der Waals surface area contributed by atoms with Gasteiger partial charge in [0.05, 0.1) is 10.3 Å². The zero-order valence-corrected chi connectivity index (χ0v) is 14.0. The molecule has 1 heterocycles. The van der Waals surface area contributed by atoms with Crippen molar-refractivity contribution in [3.63, 3.8) is 0 Å². The highest BCUT2D eigenvalue weighted by Crippen LogP contribution is 2.26. The topological polar surface area (TPSA) is 29.1 Å². The molecule has 0 saturated carbocycles. The Morgan fingerprint density at radius 1 is 1.44 bits per heavy atom. The molecule has 0 aliphatic carbocycles. The predicted octanol–water partition coefficient (Wildman–Crippen LogP) is 4.59. The van der Waals surface area contributed by atoms with Crippen molar-refractivity contribution in [1.29, 1.82) is 0 Å². The van der Waals surface area contributed by atoms with Gasteiger partial charge in [0.2, 0.25) is 5.91 Å². The fourth-order valence-electron chi connectivity index (χ4n) is 2.14. The smallest absolute Gasteiger partial charge is 0.220 e. The van der Waals surface area contributed by atoms with Crippen LogP contribution in [0.15, 0.2) is 15.9 Å². The van der Waals surface area contributed by atoms with Gasteiger partial charge in [-0.2, -0.15) is 0 Å². The maximum atomic E-state index is 11.8. The van der Waals surface area contributed by atoms with Gasteiger partial charge in [-0.15, -0.1) is 11.3 Å².